The Bertz CT molecular complexity index is 1760. The van der Waals surface area contributed by atoms with Crippen LogP contribution < -0.4 is 10.5 Å². The topological polar surface area (TPSA) is 104 Å². The summed E-state index contributed by atoms with van der Waals surface area (Å²) in [6, 6.07) is 15.3. The molecule has 4 heterocycles. The number of nitrogens with zero attached hydrogens (tertiary/aromatic N) is 6. The SMILES string of the molecule is Cn1c(-c2cc3cccc(OCc4cccnn4)c3n2CC2CC2)nc2cc3c(cc21)CCN(C[C@H](N)CF)C3=O. The first-order chi connectivity index (χ1) is 20.0. The third-order valence-corrected chi connectivity index (χ3v) is 8.18. The maximum absolute atomic E-state index is 13.3. The van der Waals surface area contributed by atoms with Gasteiger partial charge in [-0.1, -0.05) is 12.1 Å². The van der Waals surface area contributed by atoms with Crippen LogP contribution in [0.2, 0.25) is 0 Å². The van der Waals surface area contributed by atoms with Gasteiger partial charge in [0.2, 0.25) is 0 Å². The van der Waals surface area contributed by atoms with Crippen molar-refractivity contribution in [2.24, 2.45) is 18.7 Å². The molecule has 5 aromatic rings. The molecule has 1 fully saturated rings. The molecule has 0 spiro atoms. The summed E-state index contributed by atoms with van der Waals surface area (Å²) in [6.45, 7) is 1.30. The van der Waals surface area contributed by atoms with Crippen molar-refractivity contribution in [3.05, 3.63) is 71.5 Å². The van der Waals surface area contributed by atoms with Crippen LogP contribution in [0.3, 0.4) is 0 Å². The summed E-state index contributed by atoms with van der Waals surface area (Å²) < 4.78 is 23.8. The second-order valence-corrected chi connectivity index (χ2v) is 11.2. The van der Waals surface area contributed by atoms with E-state index in [-0.39, 0.29) is 12.5 Å². The number of imidazole rings is 1. The van der Waals surface area contributed by atoms with Crippen molar-refractivity contribution < 1.29 is 13.9 Å². The summed E-state index contributed by atoms with van der Waals surface area (Å²) in [5, 5.41) is 9.20. The van der Waals surface area contributed by atoms with Gasteiger partial charge in [-0.25, -0.2) is 9.37 Å². The minimum atomic E-state index is -0.673. The highest BCUT2D eigenvalue weighted by Gasteiger charge is 2.29. The van der Waals surface area contributed by atoms with Crippen LogP contribution in [-0.4, -0.2) is 60.9 Å². The van der Waals surface area contributed by atoms with E-state index in [2.05, 4.69) is 37.5 Å². The average molecular weight is 554 g/mol. The van der Waals surface area contributed by atoms with E-state index in [9.17, 15) is 9.18 Å². The molecule has 3 aromatic heterocycles. The number of alkyl halides is 1. The van der Waals surface area contributed by atoms with E-state index in [0.29, 0.717) is 31.1 Å². The first-order valence-corrected chi connectivity index (χ1v) is 14.1. The second-order valence-electron chi connectivity index (χ2n) is 11.2. The molecule has 1 amide bonds. The highest BCUT2D eigenvalue weighted by Crippen LogP contribution is 2.39. The minimum Gasteiger partial charge on any atom is -0.485 e. The number of halogens is 1. The Hall–Kier alpha value is -4.31. The summed E-state index contributed by atoms with van der Waals surface area (Å²) >= 11 is 0. The fourth-order valence-electron chi connectivity index (χ4n) is 5.85. The number of nitrogens with two attached hydrogens (primary N) is 1. The maximum Gasteiger partial charge on any atom is 0.254 e. The van der Waals surface area contributed by atoms with E-state index in [0.717, 1.165) is 57.0 Å². The molecule has 0 unspecified atom stereocenters. The minimum absolute atomic E-state index is 0.114. The van der Waals surface area contributed by atoms with Gasteiger partial charge in [0.15, 0.2) is 5.82 Å². The van der Waals surface area contributed by atoms with Crippen molar-refractivity contribution in [2.75, 3.05) is 19.8 Å². The molecule has 210 valence electrons. The third-order valence-electron chi connectivity index (χ3n) is 8.18. The third kappa shape index (κ3) is 4.72. The lowest BCUT2D eigenvalue weighted by Crippen LogP contribution is -2.45. The lowest BCUT2D eigenvalue weighted by molar-refractivity contribution is 0.0725. The fraction of sp³-hybridized carbons (Fsp3) is 0.355. The highest BCUT2D eigenvalue weighted by atomic mass is 19.1. The van der Waals surface area contributed by atoms with Crippen molar-refractivity contribution in [2.45, 2.75) is 38.5 Å². The molecule has 2 aliphatic rings. The van der Waals surface area contributed by atoms with E-state index in [1.807, 2.05) is 37.4 Å². The standard InChI is InChI=1S/C31H32FN7O2/c1-37-26-12-20-9-11-38(17-22(33)15-32)31(40)24(20)14-25(26)35-30(37)27-13-21-4-2-6-28(29(21)39(27)16-19-7-8-19)41-18-23-5-3-10-34-36-23/h2-6,10,12-14,19,22H,7-9,11,15-18,33H2,1H3/t22-/m1/s1. The van der Waals surface area contributed by atoms with Crippen molar-refractivity contribution in [1.82, 2.24) is 29.2 Å². The van der Waals surface area contributed by atoms with E-state index < -0.39 is 12.7 Å². The van der Waals surface area contributed by atoms with E-state index in [1.165, 1.54) is 12.8 Å². The average Bonchev–Trinajstić information content (AvgIpc) is 3.67. The predicted octanol–water partition coefficient (Wildman–Crippen LogP) is 4.27. The molecule has 1 saturated carbocycles. The first kappa shape index (κ1) is 25.6. The van der Waals surface area contributed by atoms with Gasteiger partial charge in [-0.15, -0.1) is 0 Å². The number of amides is 1. The zero-order valence-corrected chi connectivity index (χ0v) is 23.0. The Labute approximate surface area is 236 Å². The van der Waals surface area contributed by atoms with Crippen molar-refractivity contribution in [3.8, 4) is 17.3 Å². The summed E-state index contributed by atoms with van der Waals surface area (Å²) in [5.74, 6) is 2.14. The van der Waals surface area contributed by atoms with Gasteiger partial charge in [-0.3, -0.25) is 4.79 Å². The zero-order valence-electron chi connectivity index (χ0n) is 23.0. The van der Waals surface area contributed by atoms with Gasteiger partial charge in [0.1, 0.15) is 24.7 Å². The van der Waals surface area contributed by atoms with Crippen molar-refractivity contribution in [3.63, 3.8) is 0 Å². The second kappa shape index (κ2) is 10.3. The van der Waals surface area contributed by atoms with Crippen LogP contribution in [-0.2, 0) is 26.6 Å². The number of hydrogen-bond donors (Lipinski definition) is 1. The largest absolute Gasteiger partial charge is 0.485 e. The Morgan fingerprint density at radius 3 is 2.83 bits per heavy atom. The number of rotatable bonds is 9. The van der Waals surface area contributed by atoms with Crippen LogP contribution in [0.5, 0.6) is 5.75 Å². The van der Waals surface area contributed by atoms with Gasteiger partial charge in [-0.2, -0.15) is 10.2 Å². The lowest BCUT2D eigenvalue weighted by atomic mass is 9.97. The number of hydrogen-bond acceptors (Lipinski definition) is 6. The summed E-state index contributed by atoms with van der Waals surface area (Å²) in [5.41, 5.74) is 12.0. The van der Waals surface area contributed by atoms with Gasteiger partial charge in [0.25, 0.3) is 5.91 Å². The van der Waals surface area contributed by atoms with Crippen LogP contribution in [0.1, 0.15) is 34.5 Å². The van der Waals surface area contributed by atoms with Crippen LogP contribution in [0.4, 0.5) is 4.39 Å². The normalized spacial score (nSPS) is 16.0. The first-order valence-electron chi connectivity index (χ1n) is 14.1. The Morgan fingerprint density at radius 2 is 2.05 bits per heavy atom. The molecule has 7 rings (SSSR count). The molecular weight excluding hydrogens is 521 g/mol. The van der Waals surface area contributed by atoms with Crippen LogP contribution >= 0.6 is 0 Å². The number of para-hydroxylation sites is 1. The van der Waals surface area contributed by atoms with Gasteiger partial charge in [0, 0.05) is 43.8 Å². The summed E-state index contributed by atoms with van der Waals surface area (Å²) in [6.07, 6.45) is 4.77. The van der Waals surface area contributed by atoms with Gasteiger partial charge < -0.3 is 24.5 Å². The van der Waals surface area contributed by atoms with E-state index >= 15 is 0 Å². The number of fused-ring (bicyclic) bond motifs is 3. The maximum atomic E-state index is 13.3. The molecule has 0 radical (unpaired) electrons. The number of aromatic nitrogens is 5. The van der Waals surface area contributed by atoms with E-state index in [1.54, 1.807) is 11.1 Å². The van der Waals surface area contributed by atoms with Crippen LogP contribution in [0, 0.1) is 5.92 Å². The quantitative estimate of drug-likeness (QED) is 0.292. The number of benzene rings is 2. The van der Waals surface area contributed by atoms with Gasteiger partial charge in [-0.05, 0) is 67.1 Å². The van der Waals surface area contributed by atoms with E-state index in [4.69, 9.17) is 15.5 Å². The number of ether oxygens (including phenoxy) is 1. The molecule has 10 heteroatoms. The van der Waals surface area contributed by atoms with Gasteiger partial charge in [0.05, 0.1) is 28.3 Å². The molecule has 41 heavy (non-hydrogen) atoms. The molecule has 2 N–H and O–H groups in total. The van der Waals surface area contributed by atoms with Crippen LogP contribution in [0.15, 0.2) is 54.7 Å². The Morgan fingerprint density at radius 1 is 1.17 bits per heavy atom. The monoisotopic (exact) mass is 553 g/mol. The van der Waals surface area contributed by atoms with Crippen LogP contribution in [0.25, 0.3) is 33.5 Å². The molecule has 9 nitrogen and oxygen atoms in total. The molecule has 2 aromatic carbocycles. The molecular formula is C31H32FN7O2. The highest BCUT2D eigenvalue weighted by molar-refractivity contribution is 6.01. The Balaban J connectivity index is 1.30. The molecule has 0 saturated heterocycles. The smallest absolute Gasteiger partial charge is 0.254 e. The van der Waals surface area contributed by atoms with Crippen molar-refractivity contribution >= 4 is 27.8 Å². The van der Waals surface area contributed by atoms with Gasteiger partial charge >= 0.3 is 0 Å². The number of aryl methyl sites for hydroxylation is 1. The molecule has 1 atom stereocenters. The molecule has 0 bridgehead atoms. The Kier molecular flexibility index (Phi) is 6.42. The summed E-state index contributed by atoms with van der Waals surface area (Å²) in [4.78, 5) is 20.0. The number of carbonyl (C=O) groups excluding carboxylic acids is 1. The lowest BCUT2D eigenvalue weighted by Gasteiger charge is -2.30. The van der Waals surface area contributed by atoms with Crippen molar-refractivity contribution in [1.29, 1.82) is 0 Å². The zero-order chi connectivity index (χ0) is 28.1. The predicted molar refractivity (Wildman–Crippen MR) is 154 cm³/mol. The molecule has 1 aliphatic carbocycles. The summed E-state index contributed by atoms with van der Waals surface area (Å²) in [7, 11) is 2.03. The fourth-order valence-corrected chi connectivity index (χ4v) is 5.85. The number of carbonyl (C=O) groups is 1. The molecule has 1 aliphatic heterocycles.